The van der Waals surface area contributed by atoms with Crippen molar-refractivity contribution in [1.82, 2.24) is 0 Å². The fourth-order valence-corrected chi connectivity index (χ4v) is 2.22. The Kier molecular flexibility index (Phi) is 4.00. The van der Waals surface area contributed by atoms with Gasteiger partial charge < -0.3 is 0 Å². The van der Waals surface area contributed by atoms with Crippen LogP contribution >= 0.6 is 0 Å². The Labute approximate surface area is 81.1 Å². The topological polar surface area (TPSA) is 130 Å². The molecular formula is C2H6O9S3. The van der Waals surface area contributed by atoms with E-state index in [2.05, 4.69) is 12.3 Å². The van der Waals surface area contributed by atoms with Crippen LogP contribution in [0.25, 0.3) is 0 Å². The smallest absolute Gasteiger partial charge is 0.199 e. The highest BCUT2D eigenvalue weighted by Gasteiger charge is 2.23. The van der Waals surface area contributed by atoms with Crippen LogP contribution in [0.2, 0.25) is 0 Å². The third-order valence-electron chi connectivity index (χ3n) is 0.442. The van der Waals surface area contributed by atoms with Crippen molar-refractivity contribution in [2.24, 2.45) is 0 Å². The van der Waals surface area contributed by atoms with E-state index in [1.165, 1.54) is 0 Å². The van der Waals surface area contributed by atoms with Crippen LogP contribution in [-0.2, 0) is 42.9 Å². The summed E-state index contributed by atoms with van der Waals surface area (Å²) in [5, 5.41) is 0. The molecule has 0 radical (unpaired) electrons. The zero-order valence-corrected chi connectivity index (χ0v) is 9.35. The molecule has 0 aromatic carbocycles. The van der Waals surface area contributed by atoms with Crippen LogP contribution < -0.4 is 0 Å². The minimum Gasteiger partial charge on any atom is -0.199 e. The number of rotatable bonds is 5. The van der Waals surface area contributed by atoms with Crippen LogP contribution in [0.3, 0.4) is 0 Å². The highest BCUT2D eigenvalue weighted by molar-refractivity contribution is 7.97. The lowest BCUT2D eigenvalue weighted by atomic mass is 12.0. The molecule has 0 amide bonds. The summed E-state index contributed by atoms with van der Waals surface area (Å²) < 4.78 is 71.9. The minimum absolute atomic E-state index is 0.425. The SMILES string of the molecule is CS(=O)(=O)OOS(=O)(=O)OS(C)(=O)=O. The molecule has 0 unspecified atom stereocenters. The van der Waals surface area contributed by atoms with Crippen molar-refractivity contribution in [2.45, 2.75) is 0 Å². The maximum Gasteiger partial charge on any atom is 0.442 e. The molecule has 14 heavy (non-hydrogen) atoms. The maximum atomic E-state index is 10.5. The van der Waals surface area contributed by atoms with Crippen molar-refractivity contribution in [3.8, 4) is 0 Å². The van der Waals surface area contributed by atoms with Gasteiger partial charge in [0.25, 0.3) is 20.2 Å². The second-order valence-corrected chi connectivity index (χ2v) is 6.47. The normalized spacial score (nSPS) is 14.1. The molecule has 0 aromatic rings. The predicted octanol–water partition coefficient (Wildman–Crippen LogP) is -1.88. The average molecular weight is 270 g/mol. The Morgan fingerprint density at radius 3 is 1.43 bits per heavy atom. The zero-order chi connectivity index (χ0) is 11.6. The van der Waals surface area contributed by atoms with E-state index in [0.717, 1.165) is 0 Å². The number of hydrogen-bond donors (Lipinski definition) is 0. The molecule has 0 rings (SSSR count). The summed E-state index contributed by atoms with van der Waals surface area (Å²) in [5.74, 6) is 0. The van der Waals surface area contributed by atoms with E-state index in [9.17, 15) is 25.3 Å². The van der Waals surface area contributed by atoms with E-state index < -0.39 is 30.6 Å². The highest BCUT2D eigenvalue weighted by atomic mass is 32.3. The van der Waals surface area contributed by atoms with Gasteiger partial charge in [-0.25, -0.2) is 0 Å². The lowest BCUT2D eigenvalue weighted by Crippen LogP contribution is -2.17. The monoisotopic (exact) mass is 270 g/mol. The van der Waals surface area contributed by atoms with E-state index in [1.54, 1.807) is 0 Å². The van der Waals surface area contributed by atoms with Crippen LogP contribution in [0.15, 0.2) is 0 Å². The summed E-state index contributed by atoms with van der Waals surface area (Å²) in [7, 11) is -13.6. The van der Waals surface area contributed by atoms with Crippen molar-refractivity contribution in [1.29, 1.82) is 0 Å². The van der Waals surface area contributed by atoms with E-state index in [4.69, 9.17) is 0 Å². The molecule has 0 aliphatic heterocycles. The predicted molar refractivity (Wildman–Crippen MR) is 41.9 cm³/mol. The molecule has 0 aliphatic rings. The first-order chi connectivity index (χ1) is 5.91. The van der Waals surface area contributed by atoms with E-state index in [-0.39, 0.29) is 0 Å². The number of hydrogen-bond acceptors (Lipinski definition) is 9. The van der Waals surface area contributed by atoms with Crippen molar-refractivity contribution in [2.75, 3.05) is 12.5 Å². The van der Waals surface area contributed by atoms with Gasteiger partial charge in [0.2, 0.25) is 0 Å². The molecule has 0 saturated carbocycles. The summed E-state index contributed by atoms with van der Waals surface area (Å²) in [4.78, 5) is 0. The molecule has 0 spiro atoms. The molecule has 0 aromatic heterocycles. The Morgan fingerprint density at radius 2 is 1.14 bits per heavy atom. The third-order valence-corrected chi connectivity index (χ3v) is 2.73. The molecular weight excluding hydrogens is 264 g/mol. The summed E-state index contributed by atoms with van der Waals surface area (Å²) in [6, 6.07) is 0. The molecule has 0 atom stereocenters. The van der Waals surface area contributed by atoms with Crippen molar-refractivity contribution in [3.63, 3.8) is 0 Å². The second kappa shape index (κ2) is 4.08. The zero-order valence-electron chi connectivity index (χ0n) is 6.90. The Hall–Kier alpha value is -0.270. The van der Waals surface area contributed by atoms with Gasteiger partial charge in [-0.15, -0.1) is 3.63 Å². The average Bonchev–Trinajstić information content (AvgIpc) is 1.76. The summed E-state index contributed by atoms with van der Waals surface area (Å²) in [5.41, 5.74) is 0. The van der Waals surface area contributed by atoms with Gasteiger partial charge in [-0.1, -0.05) is 8.67 Å². The summed E-state index contributed by atoms with van der Waals surface area (Å²) >= 11 is 0. The Bertz CT molecular complexity index is 476. The van der Waals surface area contributed by atoms with Gasteiger partial charge in [-0.2, -0.15) is 25.3 Å². The van der Waals surface area contributed by atoms with Gasteiger partial charge in [0.05, 0.1) is 12.5 Å². The van der Waals surface area contributed by atoms with Gasteiger partial charge in [-0.3, -0.25) is 0 Å². The standard InChI is InChI=1S/C2H6O9S3/c1-12(3,4)9-10-14(7,8)11-13(2,5)6/h1-2H3. The highest BCUT2D eigenvalue weighted by Crippen LogP contribution is 2.03. The van der Waals surface area contributed by atoms with Crippen LogP contribution in [0.1, 0.15) is 0 Å². The molecule has 12 heteroatoms. The van der Waals surface area contributed by atoms with Crippen LogP contribution in [-0.4, -0.2) is 37.8 Å². The largest absolute Gasteiger partial charge is 0.442 e. The fourth-order valence-electron chi connectivity index (χ4n) is 0.247. The fraction of sp³-hybridized carbons (Fsp3) is 1.00. The molecule has 0 N–H and O–H groups in total. The summed E-state index contributed by atoms with van der Waals surface area (Å²) in [6.07, 6.45) is 0.914. The van der Waals surface area contributed by atoms with E-state index in [0.29, 0.717) is 12.5 Å². The third kappa shape index (κ3) is 8.33. The molecule has 86 valence electrons. The van der Waals surface area contributed by atoms with Gasteiger partial charge >= 0.3 is 10.4 Å². The van der Waals surface area contributed by atoms with Crippen molar-refractivity contribution in [3.05, 3.63) is 0 Å². The maximum absolute atomic E-state index is 10.5. The second-order valence-electron chi connectivity index (χ2n) is 2.02. The van der Waals surface area contributed by atoms with Crippen LogP contribution in [0, 0.1) is 0 Å². The minimum atomic E-state index is -5.06. The van der Waals surface area contributed by atoms with Gasteiger partial charge in [0.15, 0.2) is 0 Å². The molecule has 0 heterocycles. The lowest BCUT2D eigenvalue weighted by molar-refractivity contribution is -0.0926. The molecule has 0 saturated heterocycles. The summed E-state index contributed by atoms with van der Waals surface area (Å²) in [6.45, 7) is 0. The van der Waals surface area contributed by atoms with Crippen LogP contribution in [0.5, 0.6) is 0 Å². The Morgan fingerprint density at radius 1 is 0.714 bits per heavy atom. The first-order valence-corrected chi connectivity index (χ1v) is 7.62. The molecule has 0 fully saturated rings. The van der Waals surface area contributed by atoms with Crippen LogP contribution in [0.4, 0.5) is 0 Å². The quantitative estimate of drug-likeness (QED) is 0.415. The molecule has 0 bridgehead atoms. The van der Waals surface area contributed by atoms with Crippen molar-refractivity contribution < 1.29 is 37.6 Å². The first kappa shape index (κ1) is 13.7. The van der Waals surface area contributed by atoms with E-state index >= 15 is 0 Å². The first-order valence-electron chi connectivity index (χ1n) is 2.65. The molecule has 9 nitrogen and oxygen atoms in total. The lowest BCUT2D eigenvalue weighted by Gasteiger charge is -2.00. The van der Waals surface area contributed by atoms with Gasteiger partial charge in [0, 0.05) is 0 Å². The van der Waals surface area contributed by atoms with Gasteiger partial charge in [-0.05, 0) is 0 Å². The van der Waals surface area contributed by atoms with E-state index in [1.807, 2.05) is 0 Å². The van der Waals surface area contributed by atoms with Gasteiger partial charge in [0.1, 0.15) is 0 Å². The molecule has 0 aliphatic carbocycles. The Balaban J connectivity index is 4.55. The van der Waals surface area contributed by atoms with Crippen molar-refractivity contribution >= 4 is 30.6 Å².